The van der Waals surface area contributed by atoms with Crippen LogP contribution in [0.25, 0.3) is 0 Å². The van der Waals surface area contributed by atoms with Crippen molar-refractivity contribution in [3.63, 3.8) is 0 Å². The molecule has 36 heavy (non-hydrogen) atoms. The van der Waals surface area contributed by atoms with Crippen molar-refractivity contribution < 1.29 is 4.57 Å². The third kappa shape index (κ3) is 8.64. The molecule has 0 bridgehead atoms. The summed E-state index contributed by atoms with van der Waals surface area (Å²) >= 11 is 0. The van der Waals surface area contributed by atoms with Gasteiger partial charge in [-0.3, -0.25) is 0 Å². The second-order valence-electron chi connectivity index (χ2n) is 11.0. The van der Waals surface area contributed by atoms with Crippen molar-refractivity contribution in [2.45, 2.75) is 122 Å². The van der Waals surface area contributed by atoms with E-state index >= 15 is 0 Å². The highest BCUT2D eigenvalue weighted by Crippen LogP contribution is 2.41. The van der Waals surface area contributed by atoms with Crippen LogP contribution < -0.4 is 4.57 Å². The molecule has 1 aromatic heterocycles. The molecule has 0 radical (unpaired) electrons. The molecule has 0 aliphatic carbocycles. The van der Waals surface area contributed by atoms with E-state index in [4.69, 9.17) is 0 Å². The van der Waals surface area contributed by atoms with E-state index in [9.17, 15) is 0 Å². The fourth-order valence-corrected chi connectivity index (χ4v) is 5.79. The van der Waals surface area contributed by atoms with Gasteiger partial charge in [-0.2, -0.15) is 0 Å². The summed E-state index contributed by atoms with van der Waals surface area (Å²) in [6.07, 6.45) is 24.1. The van der Waals surface area contributed by atoms with Gasteiger partial charge in [-0.15, -0.1) is 0 Å². The van der Waals surface area contributed by atoms with Crippen molar-refractivity contribution in [3.05, 3.63) is 90.5 Å². The molecule has 1 heterocycles. The average molecular weight is 488 g/mol. The van der Waals surface area contributed by atoms with Crippen LogP contribution in [-0.2, 0) is 18.4 Å². The SMILES string of the molecule is CCCCCCCCCCC(n1cc[n+](CCCCC)c1)C(C)(Cc1ccccc1)c1ccccc1. The van der Waals surface area contributed by atoms with Crippen LogP contribution in [0.15, 0.2) is 79.4 Å². The first kappa shape index (κ1) is 28.2. The summed E-state index contributed by atoms with van der Waals surface area (Å²) in [4.78, 5) is 0. The maximum Gasteiger partial charge on any atom is 0.244 e. The van der Waals surface area contributed by atoms with Gasteiger partial charge in [0.2, 0.25) is 6.33 Å². The normalized spacial score (nSPS) is 14.0. The fraction of sp³-hybridized carbons (Fsp3) is 0.559. The Morgan fingerprint density at radius 1 is 0.722 bits per heavy atom. The Hall–Kier alpha value is -2.35. The summed E-state index contributed by atoms with van der Waals surface area (Å²) in [5, 5.41) is 0. The van der Waals surface area contributed by atoms with Gasteiger partial charge >= 0.3 is 0 Å². The summed E-state index contributed by atoms with van der Waals surface area (Å²) in [7, 11) is 0. The van der Waals surface area contributed by atoms with Crippen molar-refractivity contribution in [2.75, 3.05) is 0 Å². The maximum atomic E-state index is 2.54. The predicted octanol–water partition coefficient (Wildman–Crippen LogP) is 9.24. The Balaban J connectivity index is 1.81. The lowest BCUT2D eigenvalue weighted by Gasteiger charge is -2.37. The summed E-state index contributed by atoms with van der Waals surface area (Å²) < 4.78 is 4.95. The number of hydrogen-bond donors (Lipinski definition) is 0. The number of aromatic nitrogens is 2. The number of benzene rings is 2. The van der Waals surface area contributed by atoms with E-state index < -0.39 is 0 Å². The Morgan fingerprint density at radius 3 is 1.97 bits per heavy atom. The van der Waals surface area contributed by atoms with Crippen LogP contribution in [0.4, 0.5) is 0 Å². The Morgan fingerprint density at radius 2 is 1.31 bits per heavy atom. The van der Waals surface area contributed by atoms with Gasteiger partial charge in [-0.05, 0) is 43.2 Å². The van der Waals surface area contributed by atoms with Gasteiger partial charge < -0.3 is 0 Å². The molecule has 0 fully saturated rings. The highest BCUT2D eigenvalue weighted by atomic mass is 15.1. The van der Waals surface area contributed by atoms with Crippen LogP contribution in [0.5, 0.6) is 0 Å². The lowest BCUT2D eigenvalue weighted by Crippen LogP contribution is -2.38. The molecule has 2 atom stereocenters. The molecule has 0 amide bonds. The number of aryl methyl sites for hydroxylation is 1. The zero-order valence-electron chi connectivity index (χ0n) is 23.4. The summed E-state index contributed by atoms with van der Waals surface area (Å²) in [6, 6.07) is 22.8. The Labute approximate surface area is 221 Å². The molecule has 2 aromatic carbocycles. The molecule has 0 aliphatic rings. The molecule has 2 nitrogen and oxygen atoms in total. The number of nitrogens with zero attached hydrogens (tertiary/aromatic N) is 2. The van der Waals surface area contributed by atoms with E-state index in [-0.39, 0.29) is 5.41 Å². The van der Waals surface area contributed by atoms with Gasteiger partial charge in [-0.1, -0.05) is 133 Å². The molecule has 0 saturated heterocycles. The number of unbranched alkanes of at least 4 members (excludes halogenated alkanes) is 9. The zero-order valence-corrected chi connectivity index (χ0v) is 23.4. The molecule has 0 N–H and O–H groups in total. The van der Waals surface area contributed by atoms with Crippen LogP contribution >= 0.6 is 0 Å². The quantitative estimate of drug-likeness (QED) is 0.125. The molecule has 3 rings (SSSR count). The highest BCUT2D eigenvalue weighted by Gasteiger charge is 2.40. The van der Waals surface area contributed by atoms with E-state index in [0.29, 0.717) is 6.04 Å². The standard InChI is InChI=1S/C34H51N2/c1-4-6-8-9-10-11-12-19-25-33(36-28-27-35(30-36)26-20-7-5-2)34(3,32-23-17-14-18-24-32)29-31-21-15-13-16-22-31/h13-18,21-24,27-28,30,33H,4-12,19-20,25-26,29H2,1-3H3/q+1. The van der Waals surface area contributed by atoms with E-state index in [2.05, 4.69) is 109 Å². The molecular weight excluding hydrogens is 436 g/mol. The first-order chi connectivity index (χ1) is 17.7. The molecule has 0 aliphatic heterocycles. The molecule has 3 aromatic rings. The van der Waals surface area contributed by atoms with Crippen LogP contribution in [-0.4, -0.2) is 4.57 Å². The smallest absolute Gasteiger partial charge is 0.237 e. The van der Waals surface area contributed by atoms with Gasteiger partial charge in [-0.25, -0.2) is 9.13 Å². The topological polar surface area (TPSA) is 8.81 Å². The van der Waals surface area contributed by atoms with Crippen molar-refractivity contribution in [1.29, 1.82) is 0 Å². The molecule has 0 saturated carbocycles. The fourth-order valence-electron chi connectivity index (χ4n) is 5.79. The van der Waals surface area contributed by atoms with E-state index in [1.54, 1.807) is 0 Å². The molecule has 2 unspecified atom stereocenters. The van der Waals surface area contributed by atoms with Crippen LogP contribution in [0.3, 0.4) is 0 Å². The molecule has 2 heteroatoms. The molecule has 196 valence electrons. The Bertz CT molecular complexity index is 946. The van der Waals surface area contributed by atoms with Gasteiger partial charge in [0.15, 0.2) is 0 Å². The zero-order chi connectivity index (χ0) is 25.5. The lowest BCUT2D eigenvalue weighted by atomic mass is 9.70. The average Bonchev–Trinajstić information content (AvgIpc) is 3.37. The van der Waals surface area contributed by atoms with E-state index in [1.165, 1.54) is 88.2 Å². The van der Waals surface area contributed by atoms with E-state index in [0.717, 1.165) is 13.0 Å². The predicted molar refractivity (Wildman–Crippen MR) is 154 cm³/mol. The first-order valence-corrected chi connectivity index (χ1v) is 14.8. The van der Waals surface area contributed by atoms with Crippen LogP contribution in [0.2, 0.25) is 0 Å². The largest absolute Gasteiger partial charge is 0.244 e. The van der Waals surface area contributed by atoms with Crippen LogP contribution in [0.1, 0.15) is 115 Å². The minimum atomic E-state index is 0.0179. The van der Waals surface area contributed by atoms with Crippen molar-refractivity contribution in [2.24, 2.45) is 0 Å². The number of rotatable bonds is 18. The third-order valence-electron chi connectivity index (χ3n) is 8.01. The first-order valence-electron chi connectivity index (χ1n) is 14.8. The number of hydrogen-bond acceptors (Lipinski definition) is 0. The van der Waals surface area contributed by atoms with Gasteiger partial charge in [0, 0.05) is 5.41 Å². The second kappa shape index (κ2) is 15.7. The highest BCUT2D eigenvalue weighted by molar-refractivity contribution is 5.30. The van der Waals surface area contributed by atoms with Gasteiger partial charge in [0.25, 0.3) is 0 Å². The molecular formula is C34H51N2+. The second-order valence-corrected chi connectivity index (χ2v) is 11.0. The lowest BCUT2D eigenvalue weighted by molar-refractivity contribution is -0.697. The number of imidazole rings is 1. The maximum absolute atomic E-state index is 2.54. The van der Waals surface area contributed by atoms with Crippen molar-refractivity contribution in [3.8, 4) is 0 Å². The Kier molecular flexibility index (Phi) is 12.3. The summed E-state index contributed by atoms with van der Waals surface area (Å²) in [5.41, 5.74) is 2.89. The molecule has 0 spiro atoms. The van der Waals surface area contributed by atoms with Gasteiger partial charge in [0.05, 0.1) is 6.54 Å². The van der Waals surface area contributed by atoms with Gasteiger partial charge in [0.1, 0.15) is 18.4 Å². The minimum Gasteiger partial charge on any atom is -0.237 e. The van der Waals surface area contributed by atoms with E-state index in [1.807, 2.05) is 0 Å². The minimum absolute atomic E-state index is 0.0179. The van der Waals surface area contributed by atoms with Crippen molar-refractivity contribution in [1.82, 2.24) is 4.57 Å². The van der Waals surface area contributed by atoms with Crippen LogP contribution in [0, 0.1) is 0 Å². The summed E-state index contributed by atoms with van der Waals surface area (Å²) in [5.74, 6) is 0. The van der Waals surface area contributed by atoms with Crippen molar-refractivity contribution >= 4 is 0 Å². The third-order valence-corrected chi connectivity index (χ3v) is 8.01. The monoisotopic (exact) mass is 487 g/mol. The summed E-state index contributed by atoms with van der Waals surface area (Å²) in [6.45, 7) is 8.21.